The topological polar surface area (TPSA) is 151 Å². The van der Waals surface area contributed by atoms with Gasteiger partial charge < -0.3 is 10.4 Å². The molecule has 0 aliphatic heterocycles. The van der Waals surface area contributed by atoms with Crippen LogP contribution < -0.4 is 16.2 Å². The lowest BCUT2D eigenvalue weighted by Gasteiger charge is -2.17. The molecule has 10 heteroatoms. The van der Waals surface area contributed by atoms with Gasteiger partial charge in [-0.15, -0.1) is 0 Å². The van der Waals surface area contributed by atoms with Crippen LogP contribution in [-0.4, -0.2) is 33.9 Å². The molecule has 0 fully saturated rings. The second kappa shape index (κ2) is 9.06. The van der Waals surface area contributed by atoms with Crippen LogP contribution in [0.15, 0.2) is 54.6 Å². The molecule has 27 heavy (non-hydrogen) atoms. The number of benzene rings is 2. The van der Waals surface area contributed by atoms with Crippen LogP contribution in [0, 0.1) is 10.1 Å². The van der Waals surface area contributed by atoms with Gasteiger partial charge in [-0.3, -0.25) is 29.9 Å². The fourth-order valence-corrected chi connectivity index (χ4v) is 2.09. The molecule has 10 nitrogen and oxygen atoms in total. The minimum atomic E-state index is -1.26. The number of rotatable bonds is 8. The predicted molar refractivity (Wildman–Crippen MR) is 94.8 cm³/mol. The Labute approximate surface area is 153 Å². The second-order valence-electron chi connectivity index (χ2n) is 5.41. The molecule has 0 unspecified atom stereocenters. The van der Waals surface area contributed by atoms with Crippen molar-refractivity contribution < 1.29 is 24.4 Å². The number of hydrogen-bond acceptors (Lipinski definition) is 6. The Kier molecular flexibility index (Phi) is 6.55. The van der Waals surface area contributed by atoms with Crippen LogP contribution in [0.25, 0.3) is 0 Å². The van der Waals surface area contributed by atoms with Crippen LogP contribution in [0.2, 0.25) is 0 Å². The van der Waals surface area contributed by atoms with E-state index in [0.717, 1.165) is 0 Å². The number of nitro groups is 1. The van der Waals surface area contributed by atoms with Crippen LogP contribution >= 0.6 is 0 Å². The molecular weight excluding hydrogens is 356 g/mol. The molecule has 0 heterocycles. The summed E-state index contributed by atoms with van der Waals surface area (Å²) in [5.41, 5.74) is 5.12. The summed E-state index contributed by atoms with van der Waals surface area (Å²) in [6, 6.07) is 11.9. The van der Waals surface area contributed by atoms with Gasteiger partial charge in [0.1, 0.15) is 6.04 Å². The fraction of sp³-hybridized carbons (Fsp3) is 0.118. The highest BCUT2D eigenvalue weighted by atomic mass is 16.6. The summed E-state index contributed by atoms with van der Waals surface area (Å²) in [6.45, 7) is 0. The number of non-ortho nitro benzene ring substituents is 1. The van der Waals surface area contributed by atoms with Gasteiger partial charge in [0, 0.05) is 23.4 Å². The number of hydrazine groups is 1. The van der Waals surface area contributed by atoms with Gasteiger partial charge in [0.25, 0.3) is 11.6 Å². The lowest BCUT2D eigenvalue weighted by atomic mass is 10.2. The number of nitrogens with zero attached hydrogens (tertiary/aromatic N) is 1. The lowest BCUT2D eigenvalue weighted by Crippen LogP contribution is -2.50. The average Bonchev–Trinajstić information content (AvgIpc) is 2.65. The third kappa shape index (κ3) is 5.90. The van der Waals surface area contributed by atoms with E-state index in [9.17, 15) is 24.5 Å². The van der Waals surface area contributed by atoms with Crippen molar-refractivity contribution in [2.24, 2.45) is 0 Å². The van der Waals surface area contributed by atoms with Crippen molar-refractivity contribution in [3.8, 4) is 0 Å². The minimum absolute atomic E-state index is 0.150. The lowest BCUT2D eigenvalue weighted by molar-refractivity contribution is -0.384. The Morgan fingerprint density at radius 1 is 1.04 bits per heavy atom. The van der Waals surface area contributed by atoms with Crippen LogP contribution in [0.4, 0.5) is 11.4 Å². The van der Waals surface area contributed by atoms with Crippen LogP contribution in [0.3, 0.4) is 0 Å². The van der Waals surface area contributed by atoms with Crippen molar-refractivity contribution >= 4 is 29.2 Å². The van der Waals surface area contributed by atoms with Gasteiger partial charge in [-0.25, -0.2) is 5.43 Å². The number of anilines is 1. The largest absolute Gasteiger partial charge is 0.481 e. The first kappa shape index (κ1) is 19.5. The van der Waals surface area contributed by atoms with E-state index in [1.807, 2.05) is 0 Å². The molecule has 2 aromatic carbocycles. The number of amides is 2. The standard InChI is InChI=1S/C17H16N4O6/c22-15(23)10-14(19-20-16(24)11-4-2-1-3-5-11)17(25)18-12-6-8-13(9-7-12)21(26)27/h1-9,14,19H,10H2,(H,18,25)(H,20,24)(H,22,23)/t14-/m1/s1. The monoisotopic (exact) mass is 372 g/mol. The molecule has 0 radical (unpaired) electrons. The Morgan fingerprint density at radius 2 is 1.67 bits per heavy atom. The van der Waals surface area contributed by atoms with E-state index in [-0.39, 0.29) is 11.4 Å². The molecule has 4 N–H and O–H groups in total. The Bertz CT molecular complexity index is 838. The minimum Gasteiger partial charge on any atom is -0.481 e. The summed E-state index contributed by atoms with van der Waals surface area (Å²) in [4.78, 5) is 45.3. The molecule has 0 bridgehead atoms. The maximum absolute atomic E-state index is 12.3. The summed E-state index contributed by atoms with van der Waals surface area (Å²) in [5.74, 6) is -2.51. The number of carboxylic acids is 1. The van der Waals surface area contributed by atoms with Gasteiger partial charge in [0.15, 0.2) is 0 Å². The molecule has 0 aromatic heterocycles. The van der Waals surface area contributed by atoms with Crippen molar-refractivity contribution in [3.05, 3.63) is 70.3 Å². The number of carboxylic acid groups (broad SMARTS) is 1. The van der Waals surface area contributed by atoms with E-state index in [1.54, 1.807) is 30.3 Å². The number of nitro benzene ring substituents is 1. The van der Waals surface area contributed by atoms with Gasteiger partial charge in [0.05, 0.1) is 11.3 Å². The third-order valence-corrected chi connectivity index (χ3v) is 3.44. The molecular formula is C17H16N4O6. The van der Waals surface area contributed by atoms with Gasteiger partial charge in [-0.2, -0.15) is 0 Å². The molecule has 0 spiro atoms. The third-order valence-electron chi connectivity index (χ3n) is 3.44. The van der Waals surface area contributed by atoms with Gasteiger partial charge >= 0.3 is 5.97 Å². The van der Waals surface area contributed by atoms with E-state index in [2.05, 4.69) is 16.2 Å². The summed E-state index contributed by atoms with van der Waals surface area (Å²) >= 11 is 0. The number of carbonyl (C=O) groups is 3. The maximum Gasteiger partial charge on any atom is 0.305 e. The van der Waals surface area contributed by atoms with Crippen molar-refractivity contribution in [3.63, 3.8) is 0 Å². The summed E-state index contributed by atoms with van der Waals surface area (Å²) in [7, 11) is 0. The number of carbonyl (C=O) groups excluding carboxylic acids is 2. The molecule has 1 atom stereocenters. The number of nitrogens with one attached hydrogen (secondary N) is 3. The quantitative estimate of drug-likeness (QED) is 0.403. The first-order valence-electron chi connectivity index (χ1n) is 7.75. The molecule has 0 saturated carbocycles. The predicted octanol–water partition coefficient (Wildman–Crippen LogP) is 1.31. The highest BCUT2D eigenvalue weighted by Gasteiger charge is 2.22. The summed E-state index contributed by atoms with van der Waals surface area (Å²) < 4.78 is 0. The zero-order chi connectivity index (χ0) is 19.8. The highest BCUT2D eigenvalue weighted by molar-refractivity contribution is 5.98. The van der Waals surface area contributed by atoms with E-state index in [0.29, 0.717) is 5.56 Å². The molecule has 140 valence electrons. The molecule has 2 rings (SSSR count). The second-order valence-corrected chi connectivity index (χ2v) is 5.41. The number of hydrogen-bond donors (Lipinski definition) is 4. The summed E-state index contributed by atoms with van der Waals surface area (Å²) in [5, 5.41) is 22.0. The SMILES string of the molecule is O=C(O)C[C@@H](NNC(=O)c1ccccc1)C(=O)Nc1ccc([N+](=O)[O-])cc1. The van der Waals surface area contributed by atoms with Crippen LogP contribution in [0.5, 0.6) is 0 Å². The number of aliphatic carboxylic acids is 1. The Hall–Kier alpha value is -3.79. The Balaban J connectivity index is 2.01. The van der Waals surface area contributed by atoms with E-state index in [1.165, 1.54) is 24.3 Å². The van der Waals surface area contributed by atoms with Gasteiger partial charge in [-0.1, -0.05) is 18.2 Å². The van der Waals surface area contributed by atoms with Crippen molar-refractivity contribution in [2.45, 2.75) is 12.5 Å². The molecule has 0 saturated heterocycles. The van der Waals surface area contributed by atoms with Crippen molar-refractivity contribution in [1.29, 1.82) is 0 Å². The maximum atomic E-state index is 12.3. The first-order chi connectivity index (χ1) is 12.9. The summed E-state index contributed by atoms with van der Waals surface area (Å²) in [6.07, 6.45) is -0.589. The normalized spacial score (nSPS) is 11.3. The molecule has 2 amide bonds. The highest BCUT2D eigenvalue weighted by Crippen LogP contribution is 2.15. The van der Waals surface area contributed by atoms with Crippen LogP contribution in [-0.2, 0) is 9.59 Å². The van der Waals surface area contributed by atoms with E-state index in [4.69, 9.17) is 5.11 Å². The molecule has 0 aliphatic rings. The molecule has 2 aromatic rings. The van der Waals surface area contributed by atoms with Crippen LogP contribution in [0.1, 0.15) is 16.8 Å². The zero-order valence-electron chi connectivity index (χ0n) is 13.9. The molecule has 0 aliphatic carbocycles. The van der Waals surface area contributed by atoms with Crippen molar-refractivity contribution in [1.82, 2.24) is 10.9 Å². The van der Waals surface area contributed by atoms with Crippen molar-refractivity contribution in [2.75, 3.05) is 5.32 Å². The van der Waals surface area contributed by atoms with E-state index >= 15 is 0 Å². The van der Waals surface area contributed by atoms with E-state index < -0.39 is 35.2 Å². The average molecular weight is 372 g/mol. The zero-order valence-corrected chi connectivity index (χ0v) is 13.9. The first-order valence-corrected chi connectivity index (χ1v) is 7.75. The van der Waals surface area contributed by atoms with Gasteiger partial charge in [-0.05, 0) is 24.3 Å². The smallest absolute Gasteiger partial charge is 0.305 e. The Morgan fingerprint density at radius 3 is 2.22 bits per heavy atom. The fourth-order valence-electron chi connectivity index (χ4n) is 2.09. The van der Waals surface area contributed by atoms with Gasteiger partial charge in [0.2, 0.25) is 5.91 Å².